The van der Waals surface area contributed by atoms with Gasteiger partial charge in [-0.05, 0) is 43.3 Å². The third-order valence-corrected chi connectivity index (χ3v) is 8.12. The summed E-state index contributed by atoms with van der Waals surface area (Å²) in [5.41, 5.74) is 0.550. The highest BCUT2D eigenvalue weighted by atomic mass is 32.2. The van der Waals surface area contributed by atoms with Crippen molar-refractivity contribution in [1.82, 2.24) is 14.2 Å². The van der Waals surface area contributed by atoms with Crippen molar-refractivity contribution >= 4 is 38.5 Å². The average Bonchev–Trinajstić information content (AvgIpc) is 3.32. The van der Waals surface area contributed by atoms with Crippen molar-refractivity contribution in [3.8, 4) is 11.3 Å². The van der Waals surface area contributed by atoms with Gasteiger partial charge in [0.2, 0.25) is 10.0 Å². The number of sulfonamides is 1. The molecular formula is C23H22F2N4O5S2. The number of nitrogens with one attached hydrogen (secondary N) is 1. The number of ether oxygens (including phenoxy) is 1. The third-order valence-electron chi connectivity index (χ3n) is 5.45. The molecule has 9 nitrogen and oxygen atoms in total. The van der Waals surface area contributed by atoms with Gasteiger partial charge in [0.05, 0.1) is 17.2 Å². The molecule has 190 valence electrons. The van der Waals surface area contributed by atoms with Crippen LogP contribution in [0.15, 0.2) is 52.7 Å². The fourth-order valence-electron chi connectivity index (χ4n) is 3.57. The number of piperazine rings is 1. The molecule has 1 aromatic heterocycles. The van der Waals surface area contributed by atoms with Gasteiger partial charge in [-0.2, -0.15) is 4.31 Å². The summed E-state index contributed by atoms with van der Waals surface area (Å²) in [5.74, 6) is -2.00. The smallest absolute Gasteiger partial charge is 0.409 e. The van der Waals surface area contributed by atoms with Crippen molar-refractivity contribution in [3.05, 3.63) is 65.0 Å². The molecule has 0 saturated carbocycles. The van der Waals surface area contributed by atoms with Crippen LogP contribution >= 0.6 is 11.3 Å². The standard InChI is InChI=1S/C23H22F2N4O5S2/c1-2-34-23(31)28-9-11-29(12-10-28)36(32,33)17-6-3-15(4-7-17)21(30)27-22-26-20(14-35-22)18-8-5-16(24)13-19(18)25/h3-8,13-14H,2,9-12H2,1H3,(H,26,27,30). The van der Waals surface area contributed by atoms with E-state index in [1.54, 1.807) is 6.92 Å². The Bertz CT molecular complexity index is 1370. The lowest BCUT2D eigenvalue weighted by Gasteiger charge is -2.33. The Morgan fingerprint density at radius 3 is 2.42 bits per heavy atom. The molecule has 2 heterocycles. The van der Waals surface area contributed by atoms with Crippen molar-refractivity contribution in [2.75, 3.05) is 38.1 Å². The van der Waals surface area contributed by atoms with Crippen LogP contribution in [0.3, 0.4) is 0 Å². The molecule has 0 spiro atoms. The first kappa shape index (κ1) is 25.7. The van der Waals surface area contributed by atoms with Gasteiger partial charge in [0, 0.05) is 48.8 Å². The van der Waals surface area contributed by atoms with Crippen LogP contribution in [0.5, 0.6) is 0 Å². The number of aromatic nitrogens is 1. The van der Waals surface area contributed by atoms with Crippen LogP contribution in [0.4, 0.5) is 18.7 Å². The van der Waals surface area contributed by atoms with Gasteiger partial charge >= 0.3 is 6.09 Å². The number of hydrogen-bond acceptors (Lipinski definition) is 7. The minimum Gasteiger partial charge on any atom is -0.450 e. The summed E-state index contributed by atoms with van der Waals surface area (Å²) in [5, 5.41) is 4.32. The molecule has 0 bridgehead atoms. The van der Waals surface area contributed by atoms with Crippen molar-refractivity contribution in [3.63, 3.8) is 0 Å². The van der Waals surface area contributed by atoms with Crippen molar-refractivity contribution in [1.29, 1.82) is 0 Å². The molecule has 36 heavy (non-hydrogen) atoms. The fourth-order valence-corrected chi connectivity index (χ4v) is 5.70. The second-order valence-electron chi connectivity index (χ2n) is 7.73. The molecule has 2 amide bonds. The predicted molar refractivity (Wildman–Crippen MR) is 129 cm³/mol. The Morgan fingerprint density at radius 2 is 1.78 bits per heavy atom. The average molecular weight is 537 g/mol. The summed E-state index contributed by atoms with van der Waals surface area (Å²) < 4.78 is 59.3. The highest BCUT2D eigenvalue weighted by Crippen LogP contribution is 2.28. The van der Waals surface area contributed by atoms with E-state index < -0.39 is 33.7 Å². The monoisotopic (exact) mass is 536 g/mol. The first-order valence-corrected chi connectivity index (χ1v) is 13.2. The molecule has 0 radical (unpaired) electrons. The lowest BCUT2D eigenvalue weighted by molar-refractivity contribution is 0.0933. The molecular weight excluding hydrogens is 514 g/mol. The maximum absolute atomic E-state index is 14.0. The Hall–Kier alpha value is -3.42. The van der Waals surface area contributed by atoms with Crippen LogP contribution in [-0.2, 0) is 14.8 Å². The Kier molecular flexibility index (Phi) is 7.62. The Labute approximate surface area is 210 Å². The van der Waals surface area contributed by atoms with E-state index in [-0.39, 0.29) is 59.6 Å². The maximum Gasteiger partial charge on any atom is 0.409 e. The van der Waals surface area contributed by atoms with E-state index in [0.717, 1.165) is 23.5 Å². The topological polar surface area (TPSA) is 109 Å². The van der Waals surface area contributed by atoms with E-state index in [4.69, 9.17) is 4.74 Å². The van der Waals surface area contributed by atoms with E-state index in [2.05, 4.69) is 10.3 Å². The number of amides is 2. The molecule has 1 saturated heterocycles. The van der Waals surface area contributed by atoms with Crippen molar-refractivity contribution in [2.24, 2.45) is 0 Å². The van der Waals surface area contributed by atoms with Gasteiger partial charge < -0.3 is 9.64 Å². The van der Waals surface area contributed by atoms with E-state index in [0.29, 0.717) is 0 Å². The summed E-state index contributed by atoms with van der Waals surface area (Å²) in [6, 6.07) is 8.57. The largest absolute Gasteiger partial charge is 0.450 e. The first-order chi connectivity index (χ1) is 17.2. The van der Waals surface area contributed by atoms with Gasteiger partial charge in [-0.15, -0.1) is 11.3 Å². The lowest BCUT2D eigenvalue weighted by atomic mass is 10.1. The molecule has 13 heteroatoms. The van der Waals surface area contributed by atoms with Gasteiger partial charge in [0.1, 0.15) is 11.6 Å². The molecule has 1 fully saturated rings. The number of thiazole rings is 1. The normalized spacial score (nSPS) is 14.5. The van der Waals surface area contributed by atoms with Gasteiger partial charge in [-0.3, -0.25) is 10.1 Å². The summed E-state index contributed by atoms with van der Waals surface area (Å²) in [6.45, 7) is 2.64. The zero-order chi connectivity index (χ0) is 25.9. The molecule has 3 aromatic rings. The van der Waals surface area contributed by atoms with Crippen molar-refractivity contribution in [2.45, 2.75) is 11.8 Å². The number of carbonyl (C=O) groups excluding carboxylic acids is 2. The van der Waals surface area contributed by atoms with Gasteiger partial charge in [0.15, 0.2) is 5.13 Å². The van der Waals surface area contributed by atoms with Crippen LogP contribution in [0.25, 0.3) is 11.3 Å². The van der Waals surface area contributed by atoms with Gasteiger partial charge in [-0.1, -0.05) is 0 Å². The minimum absolute atomic E-state index is 0.0203. The highest BCUT2D eigenvalue weighted by molar-refractivity contribution is 7.89. The lowest BCUT2D eigenvalue weighted by Crippen LogP contribution is -2.50. The van der Waals surface area contributed by atoms with E-state index in [9.17, 15) is 26.8 Å². The van der Waals surface area contributed by atoms with E-state index in [1.807, 2.05) is 0 Å². The molecule has 1 aliphatic heterocycles. The summed E-state index contributed by atoms with van der Waals surface area (Å²) in [7, 11) is -3.81. The van der Waals surface area contributed by atoms with Crippen LogP contribution < -0.4 is 5.32 Å². The molecule has 4 rings (SSSR count). The summed E-state index contributed by atoms with van der Waals surface area (Å²) in [6.07, 6.45) is -0.472. The number of anilines is 1. The first-order valence-electron chi connectivity index (χ1n) is 10.9. The number of halogens is 2. The SMILES string of the molecule is CCOC(=O)N1CCN(S(=O)(=O)c2ccc(C(=O)Nc3nc(-c4ccc(F)cc4F)cs3)cc2)CC1. The molecule has 2 aromatic carbocycles. The van der Waals surface area contributed by atoms with Gasteiger partial charge in [-0.25, -0.2) is 27.0 Å². The summed E-state index contributed by atoms with van der Waals surface area (Å²) >= 11 is 1.07. The Morgan fingerprint density at radius 1 is 1.08 bits per heavy atom. The predicted octanol–water partition coefficient (Wildman–Crippen LogP) is 3.80. The molecule has 0 aliphatic carbocycles. The second kappa shape index (κ2) is 10.7. The minimum atomic E-state index is -3.81. The van der Waals surface area contributed by atoms with Crippen LogP contribution in [-0.4, -0.2) is 67.4 Å². The van der Waals surface area contributed by atoms with E-state index in [1.165, 1.54) is 44.9 Å². The maximum atomic E-state index is 14.0. The van der Waals surface area contributed by atoms with Crippen LogP contribution in [0.2, 0.25) is 0 Å². The second-order valence-corrected chi connectivity index (χ2v) is 10.5. The number of rotatable bonds is 6. The molecule has 1 aliphatic rings. The number of carbonyl (C=O) groups is 2. The van der Waals surface area contributed by atoms with Crippen LogP contribution in [0, 0.1) is 11.6 Å². The zero-order valence-electron chi connectivity index (χ0n) is 19.1. The van der Waals surface area contributed by atoms with Gasteiger partial charge in [0.25, 0.3) is 5.91 Å². The van der Waals surface area contributed by atoms with Crippen molar-refractivity contribution < 1.29 is 31.5 Å². The molecule has 0 unspecified atom stereocenters. The quantitative estimate of drug-likeness (QED) is 0.513. The number of hydrogen-bond donors (Lipinski definition) is 1. The third kappa shape index (κ3) is 5.53. The fraction of sp³-hybridized carbons (Fsp3) is 0.261. The molecule has 1 N–H and O–H groups in total. The number of nitrogens with zero attached hydrogens (tertiary/aromatic N) is 3. The van der Waals surface area contributed by atoms with E-state index >= 15 is 0 Å². The van der Waals surface area contributed by atoms with Crippen LogP contribution in [0.1, 0.15) is 17.3 Å². The summed E-state index contributed by atoms with van der Waals surface area (Å²) in [4.78, 5) is 30.1. The number of benzene rings is 2. The highest BCUT2D eigenvalue weighted by Gasteiger charge is 2.30. The molecule has 0 atom stereocenters. The zero-order valence-corrected chi connectivity index (χ0v) is 20.7. The Balaban J connectivity index is 1.39.